The number of hydrogen-bond donors (Lipinski definition) is 2. The Morgan fingerprint density at radius 1 is 1.50 bits per heavy atom. The first-order valence-electron chi connectivity index (χ1n) is 8.08. The molecule has 3 rings (SSSR count). The summed E-state index contributed by atoms with van der Waals surface area (Å²) in [6, 6.07) is 0. The van der Waals surface area contributed by atoms with Gasteiger partial charge in [0.25, 0.3) is 0 Å². The Morgan fingerprint density at radius 2 is 2.38 bits per heavy atom. The zero-order valence-corrected chi connectivity index (χ0v) is 14.5. The minimum absolute atomic E-state index is 0.00621. The van der Waals surface area contributed by atoms with E-state index in [-0.39, 0.29) is 12.5 Å². The molecule has 0 bridgehead atoms. The quantitative estimate of drug-likeness (QED) is 0.806. The van der Waals surface area contributed by atoms with Gasteiger partial charge >= 0.3 is 0 Å². The molecule has 130 valence electrons. The van der Waals surface area contributed by atoms with Gasteiger partial charge in [0.2, 0.25) is 5.91 Å². The van der Waals surface area contributed by atoms with Gasteiger partial charge in [-0.1, -0.05) is 0 Å². The van der Waals surface area contributed by atoms with E-state index < -0.39 is 0 Å². The van der Waals surface area contributed by atoms with E-state index in [2.05, 4.69) is 25.4 Å². The Kier molecular flexibility index (Phi) is 5.54. The maximum Gasteiger partial charge on any atom is 0.227 e. The predicted molar refractivity (Wildman–Crippen MR) is 90.7 cm³/mol. The largest absolute Gasteiger partial charge is 0.388 e. The number of carbonyl (C=O) groups excluding carboxylic acids is 1. The number of anilines is 1. The van der Waals surface area contributed by atoms with E-state index in [1.54, 1.807) is 6.20 Å². The number of likely N-dealkylation sites (tertiary alicyclic amines) is 1. The van der Waals surface area contributed by atoms with Gasteiger partial charge in [0.1, 0.15) is 12.4 Å². The Bertz CT molecular complexity index is 672. The third-order valence-corrected chi connectivity index (χ3v) is 5.03. The fraction of sp³-hybridized carbons (Fsp3) is 0.600. The molecule has 0 aromatic carbocycles. The molecular formula is C15H22N6O2S. The average Bonchev–Trinajstić information content (AvgIpc) is 3.22. The number of nitrogens with zero attached hydrogens (tertiary/aromatic N) is 5. The number of aliphatic hydroxyl groups excluding tert-OH is 1. The highest BCUT2D eigenvalue weighted by molar-refractivity contribution is 7.13. The summed E-state index contributed by atoms with van der Waals surface area (Å²) in [6.07, 6.45) is 4.25. The lowest BCUT2D eigenvalue weighted by Gasteiger charge is -2.31. The highest BCUT2D eigenvalue weighted by Crippen LogP contribution is 2.25. The summed E-state index contributed by atoms with van der Waals surface area (Å²) in [5, 5.41) is 22.8. The minimum atomic E-state index is -0.100. The molecule has 0 spiro atoms. The molecule has 24 heavy (non-hydrogen) atoms. The fourth-order valence-corrected chi connectivity index (χ4v) is 3.61. The third kappa shape index (κ3) is 3.97. The van der Waals surface area contributed by atoms with Gasteiger partial charge in [-0.15, -0.1) is 21.5 Å². The summed E-state index contributed by atoms with van der Waals surface area (Å²) in [4.78, 5) is 18.3. The molecule has 0 radical (unpaired) electrons. The van der Waals surface area contributed by atoms with Crippen LogP contribution in [0.3, 0.4) is 0 Å². The molecular weight excluding hydrogens is 328 g/mol. The number of aliphatic hydroxyl groups is 1. The highest BCUT2D eigenvalue weighted by Gasteiger charge is 2.26. The molecule has 1 unspecified atom stereocenters. The molecule has 1 saturated heterocycles. The van der Waals surface area contributed by atoms with Crippen molar-refractivity contribution < 1.29 is 9.90 Å². The van der Waals surface area contributed by atoms with E-state index in [9.17, 15) is 9.90 Å². The number of piperidine rings is 1. The summed E-state index contributed by atoms with van der Waals surface area (Å²) in [5.74, 6) is 1.79. The second kappa shape index (κ2) is 7.82. The van der Waals surface area contributed by atoms with Crippen molar-refractivity contribution in [3.05, 3.63) is 23.2 Å². The normalized spacial score (nSPS) is 18.7. The number of aromatic nitrogens is 4. The molecule has 2 aromatic heterocycles. The second-order valence-electron chi connectivity index (χ2n) is 5.97. The monoisotopic (exact) mass is 350 g/mol. The van der Waals surface area contributed by atoms with Crippen LogP contribution in [0.15, 0.2) is 11.6 Å². The molecule has 0 saturated carbocycles. The highest BCUT2D eigenvalue weighted by atomic mass is 32.1. The first kappa shape index (κ1) is 17.0. The van der Waals surface area contributed by atoms with Crippen molar-refractivity contribution >= 4 is 22.4 Å². The lowest BCUT2D eigenvalue weighted by atomic mass is 9.97. The summed E-state index contributed by atoms with van der Waals surface area (Å²) >= 11 is 1.42. The smallest absolute Gasteiger partial charge is 0.227 e. The zero-order chi connectivity index (χ0) is 16.9. The van der Waals surface area contributed by atoms with Gasteiger partial charge in [-0.2, -0.15) is 0 Å². The molecule has 3 heterocycles. The van der Waals surface area contributed by atoms with Crippen LogP contribution in [-0.4, -0.2) is 55.3 Å². The molecule has 1 aliphatic rings. The van der Waals surface area contributed by atoms with Gasteiger partial charge in [-0.05, 0) is 19.4 Å². The Morgan fingerprint density at radius 3 is 3.08 bits per heavy atom. The van der Waals surface area contributed by atoms with Crippen molar-refractivity contribution in [2.75, 3.05) is 25.0 Å². The van der Waals surface area contributed by atoms with E-state index in [4.69, 9.17) is 0 Å². The summed E-state index contributed by atoms with van der Waals surface area (Å²) in [5.41, 5.74) is 0. The number of hydrogen-bond acceptors (Lipinski definition) is 7. The Hall–Kier alpha value is -1.84. The van der Waals surface area contributed by atoms with Gasteiger partial charge in [0.05, 0.1) is 0 Å². The predicted octanol–water partition coefficient (Wildman–Crippen LogP) is 0.972. The van der Waals surface area contributed by atoms with Crippen molar-refractivity contribution in [3.8, 4) is 0 Å². The van der Waals surface area contributed by atoms with Gasteiger partial charge < -0.3 is 19.9 Å². The average molecular weight is 350 g/mol. The van der Waals surface area contributed by atoms with Crippen molar-refractivity contribution in [1.29, 1.82) is 0 Å². The van der Waals surface area contributed by atoms with Crippen molar-refractivity contribution in [2.45, 2.75) is 31.8 Å². The Labute approximate surface area is 144 Å². The number of carbonyl (C=O) groups is 1. The van der Waals surface area contributed by atoms with Crippen LogP contribution >= 0.6 is 11.3 Å². The van der Waals surface area contributed by atoms with Crippen molar-refractivity contribution in [2.24, 2.45) is 7.05 Å². The van der Waals surface area contributed by atoms with Crippen LogP contribution in [0.1, 0.15) is 36.8 Å². The molecule has 1 atom stereocenters. The minimum Gasteiger partial charge on any atom is -0.388 e. The molecule has 1 amide bonds. The van der Waals surface area contributed by atoms with Crippen molar-refractivity contribution in [1.82, 2.24) is 24.6 Å². The van der Waals surface area contributed by atoms with Crippen LogP contribution in [0, 0.1) is 0 Å². The van der Waals surface area contributed by atoms with E-state index in [1.807, 2.05) is 17.0 Å². The summed E-state index contributed by atoms with van der Waals surface area (Å²) in [7, 11) is 1.89. The SMILES string of the molecule is Cn1c(CO)nnc1C1CCCN(CCC(=O)Nc2nccs2)C1. The lowest BCUT2D eigenvalue weighted by Crippen LogP contribution is -2.37. The standard InChI is InChI=1S/C15H22N6O2S/c1-20-12(10-22)18-19-14(20)11-3-2-6-21(9-11)7-4-13(23)17-15-16-5-8-24-15/h5,8,11,22H,2-4,6-7,9-10H2,1H3,(H,16,17,23). The van der Waals surface area contributed by atoms with Gasteiger partial charge in [-0.25, -0.2) is 4.98 Å². The van der Waals surface area contributed by atoms with Gasteiger partial charge in [0, 0.05) is 44.1 Å². The number of thiazole rings is 1. The third-order valence-electron chi connectivity index (χ3n) is 4.34. The maximum atomic E-state index is 12.0. The van der Waals surface area contributed by atoms with Gasteiger partial charge in [-0.3, -0.25) is 4.79 Å². The topological polar surface area (TPSA) is 96.2 Å². The first-order valence-corrected chi connectivity index (χ1v) is 8.96. The van der Waals surface area contributed by atoms with Crippen LogP contribution in [-0.2, 0) is 18.4 Å². The van der Waals surface area contributed by atoms with Gasteiger partial charge in [0.15, 0.2) is 11.0 Å². The Balaban J connectivity index is 1.52. The van der Waals surface area contributed by atoms with Crippen LogP contribution < -0.4 is 5.32 Å². The molecule has 2 aromatic rings. The zero-order valence-electron chi connectivity index (χ0n) is 13.7. The number of amides is 1. The van der Waals surface area contributed by atoms with Crippen LogP contribution in [0.25, 0.3) is 0 Å². The number of rotatable bonds is 6. The summed E-state index contributed by atoms with van der Waals surface area (Å²) < 4.78 is 1.88. The van der Waals surface area contributed by atoms with Crippen LogP contribution in [0.2, 0.25) is 0 Å². The molecule has 8 nitrogen and oxygen atoms in total. The summed E-state index contributed by atoms with van der Waals surface area (Å²) in [6.45, 7) is 2.48. The van der Waals surface area contributed by atoms with E-state index in [0.29, 0.717) is 23.3 Å². The van der Waals surface area contributed by atoms with Crippen LogP contribution in [0.5, 0.6) is 0 Å². The number of nitrogens with one attached hydrogen (secondary N) is 1. The molecule has 2 N–H and O–H groups in total. The second-order valence-corrected chi connectivity index (χ2v) is 6.86. The van der Waals surface area contributed by atoms with Crippen molar-refractivity contribution in [3.63, 3.8) is 0 Å². The lowest BCUT2D eigenvalue weighted by molar-refractivity contribution is -0.116. The van der Waals surface area contributed by atoms with E-state index in [1.165, 1.54) is 11.3 Å². The maximum absolute atomic E-state index is 12.0. The van der Waals surface area contributed by atoms with Crippen LogP contribution in [0.4, 0.5) is 5.13 Å². The molecule has 9 heteroatoms. The van der Waals surface area contributed by atoms with E-state index >= 15 is 0 Å². The molecule has 1 aliphatic heterocycles. The molecule has 0 aliphatic carbocycles. The fourth-order valence-electron chi connectivity index (χ4n) is 3.06. The molecule has 1 fully saturated rings. The first-order chi connectivity index (χ1) is 11.7. The van der Waals surface area contributed by atoms with E-state index in [0.717, 1.165) is 38.3 Å².